The second-order valence-electron chi connectivity index (χ2n) is 8.10. The minimum atomic E-state index is -0.00392. The first-order valence-electron chi connectivity index (χ1n) is 9.11. The summed E-state index contributed by atoms with van der Waals surface area (Å²) in [7, 11) is 1.64. The minimum Gasteiger partial charge on any atom is -0.497 e. The highest BCUT2D eigenvalue weighted by atomic mass is 16.5. The van der Waals surface area contributed by atoms with Crippen LogP contribution < -0.4 is 4.74 Å². The molecule has 1 saturated heterocycles. The smallest absolute Gasteiger partial charge is 0.231 e. The molecule has 1 atom stereocenters. The summed E-state index contributed by atoms with van der Waals surface area (Å²) >= 11 is 0. The first kappa shape index (κ1) is 18.4. The Morgan fingerprint density at radius 2 is 2.04 bits per heavy atom. The van der Waals surface area contributed by atoms with Crippen LogP contribution in [0.4, 0.5) is 0 Å². The number of hydrogen-bond acceptors (Lipinski definition) is 5. The largest absolute Gasteiger partial charge is 0.497 e. The van der Waals surface area contributed by atoms with Crippen molar-refractivity contribution in [3.63, 3.8) is 0 Å². The van der Waals surface area contributed by atoms with Gasteiger partial charge in [0.15, 0.2) is 0 Å². The molecule has 0 radical (unpaired) electrons. The van der Waals surface area contributed by atoms with Gasteiger partial charge in [0.25, 0.3) is 0 Å². The van der Waals surface area contributed by atoms with Crippen LogP contribution in [0.5, 0.6) is 5.75 Å². The topological polar surface area (TPSA) is 68.5 Å². The van der Waals surface area contributed by atoms with E-state index in [0.717, 1.165) is 30.7 Å². The molecule has 6 heteroatoms. The van der Waals surface area contributed by atoms with E-state index in [4.69, 9.17) is 9.26 Å². The van der Waals surface area contributed by atoms with Crippen LogP contribution in [0.1, 0.15) is 51.8 Å². The Hall–Kier alpha value is -2.37. The number of likely N-dealkylation sites (tertiary alicyclic amines) is 1. The van der Waals surface area contributed by atoms with Gasteiger partial charge in [-0.1, -0.05) is 25.9 Å². The summed E-state index contributed by atoms with van der Waals surface area (Å²) in [4.78, 5) is 19.0. The molecule has 1 aromatic carbocycles. The van der Waals surface area contributed by atoms with Gasteiger partial charge >= 0.3 is 0 Å². The molecule has 140 valence electrons. The molecule has 0 N–H and O–H groups in total. The van der Waals surface area contributed by atoms with E-state index in [9.17, 15) is 4.79 Å². The van der Waals surface area contributed by atoms with Crippen LogP contribution in [0.15, 0.2) is 28.8 Å². The molecule has 1 aromatic heterocycles. The molecule has 1 aliphatic rings. The summed E-state index contributed by atoms with van der Waals surface area (Å²) in [6, 6.07) is 7.57. The first-order valence-corrected chi connectivity index (χ1v) is 9.11. The van der Waals surface area contributed by atoms with Crippen molar-refractivity contribution in [3.05, 3.63) is 30.2 Å². The predicted molar refractivity (Wildman–Crippen MR) is 98.9 cm³/mol. The molecule has 1 amide bonds. The quantitative estimate of drug-likeness (QED) is 0.830. The molecule has 26 heavy (non-hydrogen) atoms. The highest BCUT2D eigenvalue weighted by Gasteiger charge is 2.30. The van der Waals surface area contributed by atoms with Crippen molar-refractivity contribution < 1.29 is 14.1 Å². The van der Waals surface area contributed by atoms with Gasteiger partial charge in [0.05, 0.1) is 13.0 Å². The minimum absolute atomic E-state index is 0.00392. The van der Waals surface area contributed by atoms with Gasteiger partial charge in [-0.3, -0.25) is 4.79 Å². The fraction of sp³-hybridized carbons (Fsp3) is 0.550. The van der Waals surface area contributed by atoms with Gasteiger partial charge in [-0.05, 0) is 42.5 Å². The number of carbonyl (C=O) groups excluding carboxylic acids is 1. The Labute approximate surface area is 154 Å². The van der Waals surface area contributed by atoms with Crippen molar-refractivity contribution in [2.24, 2.45) is 5.41 Å². The Morgan fingerprint density at radius 1 is 1.31 bits per heavy atom. The Morgan fingerprint density at radius 3 is 2.69 bits per heavy atom. The Bertz CT molecular complexity index is 746. The summed E-state index contributed by atoms with van der Waals surface area (Å²) in [5, 5.41) is 4.12. The SMILES string of the molecule is COc1ccc(-c2noc([C@H]3CCCN(C(=O)CC(C)(C)C)C3)n2)cc1. The lowest BCUT2D eigenvalue weighted by Gasteiger charge is -2.33. The number of methoxy groups -OCH3 is 1. The summed E-state index contributed by atoms with van der Waals surface area (Å²) in [6.45, 7) is 7.73. The van der Waals surface area contributed by atoms with Crippen LogP contribution in [0, 0.1) is 5.41 Å². The Kier molecular flexibility index (Phi) is 5.30. The van der Waals surface area contributed by atoms with Gasteiger partial charge < -0.3 is 14.2 Å². The lowest BCUT2D eigenvalue weighted by Crippen LogP contribution is -2.40. The van der Waals surface area contributed by atoms with Crippen molar-refractivity contribution in [2.75, 3.05) is 20.2 Å². The van der Waals surface area contributed by atoms with Crippen molar-refractivity contribution >= 4 is 5.91 Å². The number of hydrogen-bond donors (Lipinski definition) is 0. The van der Waals surface area contributed by atoms with E-state index in [-0.39, 0.29) is 17.2 Å². The number of amides is 1. The highest BCUT2D eigenvalue weighted by molar-refractivity contribution is 5.77. The van der Waals surface area contributed by atoms with Crippen molar-refractivity contribution in [3.8, 4) is 17.1 Å². The predicted octanol–water partition coefficient (Wildman–Crippen LogP) is 3.89. The van der Waals surface area contributed by atoms with Gasteiger partial charge in [0.1, 0.15) is 5.75 Å². The molecule has 1 aliphatic heterocycles. The number of ether oxygens (including phenoxy) is 1. The van der Waals surface area contributed by atoms with Crippen molar-refractivity contribution in [2.45, 2.75) is 46.0 Å². The normalized spacial score (nSPS) is 18.0. The van der Waals surface area contributed by atoms with Crippen LogP contribution in [-0.4, -0.2) is 41.1 Å². The molecule has 1 fully saturated rings. The van der Waals surface area contributed by atoms with E-state index >= 15 is 0 Å². The number of benzene rings is 1. The van der Waals surface area contributed by atoms with Gasteiger partial charge in [-0.25, -0.2) is 0 Å². The summed E-state index contributed by atoms with van der Waals surface area (Å²) in [5.41, 5.74) is 0.882. The van der Waals surface area contributed by atoms with E-state index < -0.39 is 0 Å². The van der Waals surface area contributed by atoms with E-state index in [1.807, 2.05) is 29.2 Å². The molecule has 0 aliphatic carbocycles. The average Bonchev–Trinajstić information content (AvgIpc) is 3.10. The molecule has 0 saturated carbocycles. The van der Waals surface area contributed by atoms with E-state index in [1.54, 1.807) is 7.11 Å². The molecular formula is C20H27N3O3. The average molecular weight is 357 g/mol. The molecule has 2 aromatic rings. The molecule has 0 bridgehead atoms. The molecule has 0 spiro atoms. The highest BCUT2D eigenvalue weighted by Crippen LogP contribution is 2.29. The van der Waals surface area contributed by atoms with Crippen LogP contribution >= 0.6 is 0 Å². The third-order valence-electron chi connectivity index (χ3n) is 4.59. The number of aromatic nitrogens is 2. The van der Waals surface area contributed by atoms with Crippen LogP contribution in [0.25, 0.3) is 11.4 Å². The van der Waals surface area contributed by atoms with Crippen LogP contribution in [-0.2, 0) is 4.79 Å². The lowest BCUT2D eigenvalue weighted by atomic mass is 9.90. The van der Waals surface area contributed by atoms with Crippen LogP contribution in [0.2, 0.25) is 0 Å². The maximum Gasteiger partial charge on any atom is 0.231 e. The summed E-state index contributed by atoms with van der Waals surface area (Å²) in [5.74, 6) is 2.28. The second-order valence-corrected chi connectivity index (χ2v) is 8.10. The summed E-state index contributed by atoms with van der Waals surface area (Å²) in [6.07, 6.45) is 2.48. The third-order valence-corrected chi connectivity index (χ3v) is 4.59. The van der Waals surface area contributed by atoms with Gasteiger partial charge in [0, 0.05) is 25.1 Å². The molecular weight excluding hydrogens is 330 g/mol. The number of nitrogens with zero attached hydrogens (tertiary/aromatic N) is 3. The Balaban J connectivity index is 1.69. The number of carbonyl (C=O) groups is 1. The van der Waals surface area contributed by atoms with E-state index in [1.165, 1.54) is 0 Å². The van der Waals surface area contributed by atoms with E-state index in [2.05, 4.69) is 30.9 Å². The second kappa shape index (κ2) is 7.48. The molecule has 3 rings (SSSR count). The number of rotatable bonds is 4. The van der Waals surface area contributed by atoms with Gasteiger partial charge in [-0.2, -0.15) is 4.98 Å². The van der Waals surface area contributed by atoms with Crippen LogP contribution in [0.3, 0.4) is 0 Å². The third kappa shape index (κ3) is 4.42. The maximum absolute atomic E-state index is 12.5. The molecule has 2 heterocycles. The molecule has 0 unspecified atom stereocenters. The fourth-order valence-corrected chi connectivity index (χ4v) is 3.23. The zero-order valence-corrected chi connectivity index (χ0v) is 16.0. The summed E-state index contributed by atoms with van der Waals surface area (Å²) < 4.78 is 10.7. The fourth-order valence-electron chi connectivity index (χ4n) is 3.23. The first-order chi connectivity index (χ1) is 12.4. The molecule has 6 nitrogen and oxygen atoms in total. The lowest BCUT2D eigenvalue weighted by molar-refractivity contribution is -0.134. The monoisotopic (exact) mass is 357 g/mol. The zero-order valence-electron chi connectivity index (χ0n) is 16.0. The van der Waals surface area contributed by atoms with E-state index in [0.29, 0.717) is 24.7 Å². The zero-order chi connectivity index (χ0) is 18.7. The van der Waals surface area contributed by atoms with Crippen molar-refractivity contribution in [1.82, 2.24) is 15.0 Å². The van der Waals surface area contributed by atoms with Gasteiger partial charge in [0.2, 0.25) is 17.6 Å². The standard InChI is InChI=1S/C20H27N3O3/c1-20(2,3)12-17(24)23-11-5-6-15(13-23)19-21-18(22-26-19)14-7-9-16(25-4)10-8-14/h7-10,15H,5-6,11-13H2,1-4H3/t15-/m0/s1. The number of piperidine rings is 1. The maximum atomic E-state index is 12.5. The van der Waals surface area contributed by atoms with Gasteiger partial charge in [-0.15, -0.1) is 0 Å². The van der Waals surface area contributed by atoms with Crippen molar-refractivity contribution in [1.29, 1.82) is 0 Å².